The number of halogens is 2. The first-order valence-corrected chi connectivity index (χ1v) is 11.5. The van der Waals surface area contributed by atoms with Crippen LogP contribution in [0.2, 0.25) is 0 Å². The molecular formula is C19H30F2N4O4S. The maximum absolute atomic E-state index is 13.2. The van der Waals surface area contributed by atoms with E-state index in [2.05, 4.69) is 10.3 Å². The fourth-order valence-corrected chi connectivity index (χ4v) is 4.21. The van der Waals surface area contributed by atoms with Crippen molar-refractivity contribution in [2.75, 3.05) is 58.7 Å². The number of benzene rings is 1. The number of hydrogen-bond acceptors (Lipinski definition) is 5. The number of rotatable bonds is 9. The van der Waals surface area contributed by atoms with Gasteiger partial charge in [-0.3, -0.25) is 4.99 Å². The Hall–Kier alpha value is -1.98. The third-order valence-corrected chi connectivity index (χ3v) is 6.32. The van der Waals surface area contributed by atoms with Gasteiger partial charge in [-0.05, 0) is 26.0 Å². The second-order valence-corrected chi connectivity index (χ2v) is 9.11. The van der Waals surface area contributed by atoms with Crippen molar-refractivity contribution in [2.45, 2.75) is 20.0 Å². The van der Waals surface area contributed by atoms with Gasteiger partial charge in [-0.1, -0.05) is 0 Å². The number of guanidine groups is 1. The van der Waals surface area contributed by atoms with Crippen molar-refractivity contribution >= 4 is 16.0 Å². The molecule has 1 N–H and O–H groups in total. The fourth-order valence-electron chi connectivity index (χ4n) is 2.93. The van der Waals surface area contributed by atoms with Crippen LogP contribution in [-0.2, 0) is 14.8 Å². The molecule has 2 rings (SSSR count). The van der Waals surface area contributed by atoms with Gasteiger partial charge in [-0.15, -0.1) is 0 Å². The first-order chi connectivity index (χ1) is 14.2. The van der Waals surface area contributed by atoms with E-state index in [-0.39, 0.29) is 30.8 Å². The molecule has 0 saturated carbocycles. The summed E-state index contributed by atoms with van der Waals surface area (Å²) in [5.74, 6) is -1.04. The molecule has 8 nitrogen and oxygen atoms in total. The molecule has 11 heteroatoms. The first kappa shape index (κ1) is 24.3. The molecule has 1 aromatic carbocycles. The number of piperazine rings is 1. The molecule has 0 aliphatic carbocycles. The minimum atomic E-state index is -3.35. The molecule has 170 valence electrons. The molecule has 0 unspecified atom stereocenters. The van der Waals surface area contributed by atoms with Crippen molar-refractivity contribution in [1.29, 1.82) is 0 Å². The van der Waals surface area contributed by atoms with Crippen LogP contribution in [0, 0.1) is 11.6 Å². The van der Waals surface area contributed by atoms with Crippen LogP contribution in [0.1, 0.15) is 13.8 Å². The summed E-state index contributed by atoms with van der Waals surface area (Å²) in [6.45, 7) is 6.31. The van der Waals surface area contributed by atoms with Gasteiger partial charge in [0.15, 0.2) is 17.6 Å². The number of ether oxygens (including phenoxy) is 2. The average molecular weight is 449 g/mol. The number of nitrogens with zero attached hydrogens (tertiary/aromatic N) is 3. The molecule has 0 bridgehead atoms. The molecule has 1 aliphatic rings. The molecule has 1 heterocycles. The minimum Gasteiger partial charge on any atom is -0.492 e. The molecule has 1 aliphatic heterocycles. The Labute approximate surface area is 176 Å². The normalized spacial score (nSPS) is 16.2. The summed E-state index contributed by atoms with van der Waals surface area (Å²) in [5, 5.41) is 3.13. The Morgan fingerprint density at radius 2 is 1.87 bits per heavy atom. The average Bonchev–Trinajstić information content (AvgIpc) is 2.70. The number of sulfonamides is 1. The van der Waals surface area contributed by atoms with Crippen molar-refractivity contribution in [3.05, 3.63) is 29.8 Å². The lowest BCUT2D eigenvalue weighted by Gasteiger charge is -2.35. The lowest BCUT2D eigenvalue weighted by Crippen LogP contribution is -2.54. The van der Waals surface area contributed by atoms with Crippen molar-refractivity contribution in [3.8, 4) is 5.75 Å². The van der Waals surface area contributed by atoms with Gasteiger partial charge in [-0.2, -0.15) is 4.31 Å². The molecule has 30 heavy (non-hydrogen) atoms. The molecule has 0 amide bonds. The number of aliphatic imine (C=N–C) groups is 1. The molecule has 1 fully saturated rings. The predicted octanol–water partition coefficient (Wildman–Crippen LogP) is 1.29. The van der Waals surface area contributed by atoms with Crippen LogP contribution < -0.4 is 10.1 Å². The van der Waals surface area contributed by atoms with Gasteiger partial charge in [0, 0.05) is 39.3 Å². The van der Waals surface area contributed by atoms with Crippen LogP contribution in [0.5, 0.6) is 5.75 Å². The zero-order valence-corrected chi connectivity index (χ0v) is 18.4. The van der Waals surface area contributed by atoms with Gasteiger partial charge in [0.25, 0.3) is 0 Å². The Kier molecular flexibility index (Phi) is 9.25. The van der Waals surface area contributed by atoms with Crippen molar-refractivity contribution in [3.63, 3.8) is 0 Å². The van der Waals surface area contributed by atoms with Crippen LogP contribution in [0.15, 0.2) is 23.2 Å². The summed E-state index contributed by atoms with van der Waals surface area (Å²) in [4.78, 5) is 6.18. The van der Waals surface area contributed by atoms with Crippen molar-refractivity contribution in [1.82, 2.24) is 14.5 Å². The van der Waals surface area contributed by atoms with E-state index in [4.69, 9.17) is 9.47 Å². The Balaban J connectivity index is 1.74. The van der Waals surface area contributed by atoms with E-state index in [1.165, 1.54) is 10.4 Å². The summed E-state index contributed by atoms with van der Waals surface area (Å²) >= 11 is 0. The molecular weight excluding hydrogens is 418 g/mol. The topological polar surface area (TPSA) is 83.5 Å². The number of hydrogen-bond donors (Lipinski definition) is 1. The van der Waals surface area contributed by atoms with E-state index in [1.807, 2.05) is 18.7 Å². The highest BCUT2D eigenvalue weighted by atomic mass is 32.2. The van der Waals surface area contributed by atoms with E-state index in [0.717, 1.165) is 12.1 Å². The molecule has 1 saturated heterocycles. The summed E-state index contributed by atoms with van der Waals surface area (Å²) in [6.07, 6.45) is -0.00231. The van der Waals surface area contributed by atoms with Crippen molar-refractivity contribution in [2.24, 2.45) is 4.99 Å². The SMILES string of the molecule is CN=C(NCCOc1ccc(F)c(F)c1)N1CCN(S(=O)(=O)CCOC(C)C)CC1. The quantitative estimate of drug-likeness (QED) is 0.348. The second-order valence-electron chi connectivity index (χ2n) is 7.02. The number of nitrogens with one attached hydrogen (secondary N) is 1. The van der Waals surface area contributed by atoms with Crippen molar-refractivity contribution < 1.29 is 26.7 Å². The van der Waals surface area contributed by atoms with E-state index in [0.29, 0.717) is 38.7 Å². The van der Waals surface area contributed by atoms with Gasteiger partial charge < -0.3 is 19.7 Å². The highest BCUT2D eigenvalue weighted by molar-refractivity contribution is 7.89. The molecule has 1 aromatic rings. The van der Waals surface area contributed by atoms with E-state index in [1.54, 1.807) is 7.05 Å². The Morgan fingerprint density at radius 1 is 1.17 bits per heavy atom. The van der Waals surface area contributed by atoms with Crippen LogP contribution in [-0.4, -0.2) is 88.4 Å². The molecule has 0 atom stereocenters. The maximum Gasteiger partial charge on any atom is 0.216 e. The Bertz CT molecular complexity index is 813. The monoisotopic (exact) mass is 448 g/mol. The third kappa shape index (κ3) is 7.37. The van der Waals surface area contributed by atoms with Gasteiger partial charge >= 0.3 is 0 Å². The summed E-state index contributed by atoms with van der Waals surface area (Å²) in [6, 6.07) is 3.37. The van der Waals surface area contributed by atoms with Crippen LogP contribution in [0.3, 0.4) is 0 Å². The van der Waals surface area contributed by atoms with Gasteiger partial charge in [0.05, 0.1) is 25.0 Å². The van der Waals surface area contributed by atoms with Gasteiger partial charge in [-0.25, -0.2) is 17.2 Å². The molecule has 0 aromatic heterocycles. The van der Waals surface area contributed by atoms with Gasteiger partial charge in [0.1, 0.15) is 12.4 Å². The van der Waals surface area contributed by atoms with Crippen LogP contribution in [0.25, 0.3) is 0 Å². The minimum absolute atomic E-state index is 0.00231. The fraction of sp³-hybridized carbons (Fsp3) is 0.632. The predicted molar refractivity (Wildman–Crippen MR) is 111 cm³/mol. The third-order valence-electron chi connectivity index (χ3n) is 4.48. The largest absolute Gasteiger partial charge is 0.492 e. The maximum atomic E-state index is 13.2. The summed E-state index contributed by atoms with van der Waals surface area (Å²) in [7, 11) is -1.71. The lowest BCUT2D eigenvalue weighted by molar-refractivity contribution is 0.0904. The first-order valence-electron chi connectivity index (χ1n) is 9.86. The van der Waals surface area contributed by atoms with E-state index < -0.39 is 21.7 Å². The standard InChI is InChI=1S/C19H30F2N4O4S/c1-15(2)28-12-13-30(26,27)25-9-7-24(8-10-25)19(22-3)23-6-11-29-16-4-5-17(20)18(21)14-16/h4-5,14-15H,6-13H2,1-3H3,(H,22,23). The highest BCUT2D eigenvalue weighted by Gasteiger charge is 2.27. The van der Waals surface area contributed by atoms with Crippen LogP contribution >= 0.6 is 0 Å². The van der Waals surface area contributed by atoms with Crippen LogP contribution in [0.4, 0.5) is 8.78 Å². The zero-order valence-electron chi connectivity index (χ0n) is 17.6. The summed E-state index contributed by atoms with van der Waals surface area (Å²) in [5.41, 5.74) is 0. The molecule has 0 radical (unpaired) electrons. The summed E-state index contributed by atoms with van der Waals surface area (Å²) < 4.78 is 63.2. The van der Waals surface area contributed by atoms with E-state index >= 15 is 0 Å². The smallest absolute Gasteiger partial charge is 0.216 e. The zero-order chi connectivity index (χ0) is 22.1. The van der Waals surface area contributed by atoms with E-state index in [9.17, 15) is 17.2 Å². The highest BCUT2D eigenvalue weighted by Crippen LogP contribution is 2.15. The molecule has 0 spiro atoms. The lowest BCUT2D eigenvalue weighted by atomic mass is 10.3. The van der Waals surface area contributed by atoms with Gasteiger partial charge in [0.2, 0.25) is 10.0 Å². The Morgan fingerprint density at radius 3 is 2.47 bits per heavy atom. The second kappa shape index (κ2) is 11.4.